The second-order valence-electron chi connectivity index (χ2n) is 4.46. The first-order valence-electron chi connectivity index (χ1n) is 5.92. The molecule has 0 radical (unpaired) electrons. The number of amides is 1. The lowest BCUT2D eigenvalue weighted by Gasteiger charge is -2.08. The number of imidazole rings is 1. The monoisotopic (exact) mass is 232 g/mol. The third kappa shape index (κ3) is 2.84. The molecule has 1 aliphatic rings. The molecule has 0 unspecified atom stereocenters. The Labute approximate surface area is 100 Å². The molecule has 1 amide bonds. The van der Waals surface area contributed by atoms with E-state index in [0.29, 0.717) is 19.4 Å². The van der Waals surface area contributed by atoms with Gasteiger partial charge in [0.25, 0.3) is 0 Å². The predicted molar refractivity (Wildman–Crippen MR) is 61.8 cm³/mol. The minimum absolute atomic E-state index is 0.0948. The Hall–Kier alpha value is -1.83. The number of aromatic nitrogens is 2. The van der Waals surface area contributed by atoms with E-state index in [4.69, 9.17) is 5.26 Å². The first kappa shape index (κ1) is 11.6. The Kier molecular flexibility index (Phi) is 3.43. The Morgan fingerprint density at radius 2 is 2.35 bits per heavy atom. The van der Waals surface area contributed by atoms with E-state index < -0.39 is 5.41 Å². The highest BCUT2D eigenvalue weighted by molar-refractivity contribution is 5.88. The van der Waals surface area contributed by atoms with Gasteiger partial charge in [-0.05, 0) is 25.7 Å². The molecular formula is C12H16N4O. The van der Waals surface area contributed by atoms with Crippen LogP contribution < -0.4 is 5.32 Å². The zero-order chi connectivity index (χ0) is 12.1. The molecule has 5 nitrogen and oxygen atoms in total. The van der Waals surface area contributed by atoms with Crippen molar-refractivity contribution in [2.24, 2.45) is 5.41 Å². The zero-order valence-electron chi connectivity index (χ0n) is 9.72. The van der Waals surface area contributed by atoms with Crippen molar-refractivity contribution in [1.29, 1.82) is 5.26 Å². The van der Waals surface area contributed by atoms with Crippen LogP contribution in [0.3, 0.4) is 0 Å². The Morgan fingerprint density at radius 1 is 1.53 bits per heavy atom. The smallest absolute Gasteiger partial charge is 0.240 e. The van der Waals surface area contributed by atoms with Crippen molar-refractivity contribution in [3.8, 4) is 6.07 Å². The lowest BCUT2D eigenvalue weighted by atomic mass is 10.1. The molecular weight excluding hydrogens is 216 g/mol. The topological polar surface area (TPSA) is 70.7 Å². The van der Waals surface area contributed by atoms with E-state index in [0.717, 1.165) is 19.4 Å². The van der Waals surface area contributed by atoms with Gasteiger partial charge in [-0.2, -0.15) is 5.26 Å². The molecule has 1 fully saturated rings. The van der Waals surface area contributed by atoms with Gasteiger partial charge in [0.15, 0.2) is 0 Å². The average molecular weight is 232 g/mol. The average Bonchev–Trinajstić information content (AvgIpc) is 2.99. The van der Waals surface area contributed by atoms with Crippen LogP contribution in [-0.2, 0) is 11.3 Å². The summed E-state index contributed by atoms with van der Waals surface area (Å²) in [7, 11) is 0. The summed E-state index contributed by atoms with van der Waals surface area (Å²) < 4.78 is 2.01. The molecule has 1 aromatic heterocycles. The summed E-state index contributed by atoms with van der Waals surface area (Å²) in [6, 6.07) is 2.09. The fraction of sp³-hybridized carbons (Fsp3) is 0.583. The van der Waals surface area contributed by atoms with E-state index in [1.54, 1.807) is 12.5 Å². The normalized spacial score (nSPS) is 16.2. The maximum Gasteiger partial charge on any atom is 0.240 e. The number of carbonyl (C=O) groups is 1. The van der Waals surface area contributed by atoms with E-state index in [2.05, 4.69) is 16.4 Å². The van der Waals surface area contributed by atoms with Gasteiger partial charge >= 0.3 is 0 Å². The third-order valence-corrected chi connectivity index (χ3v) is 3.09. The van der Waals surface area contributed by atoms with Crippen LogP contribution in [0.5, 0.6) is 0 Å². The first-order chi connectivity index (χ1) is 8.27. The molecule has 2 rings (SSSR count). The lowest BCUT2D eigenvalue weighted by Crippen LogP contribution is -2.31. The molecule has 1 heterocycles. The highest BCUT2D eigenvalue weighted by Crippen LogP contribution is 2.44. The number of unbranched alkanes of at least 4 members (excludes halogenated alkanes) is 1. The minimum Gasteiger partial charge on any atom is -0.355 e. The summed E-state index contributed by atoms with van der Waals surface area (Å²) in [6.07, 6.45) is 8.81. The Morgan fingerprint density at radius 3 is 2.94 bits per heavy atom. The van der Waals surface area contributed by atoms with Crippen molar-refractivity contribution in [3.05, 3.63) is 18.7 Å². The van der Waals surface area contributed by atoms with Crippen molar-refractivity contribution in [1.82, 2.24) is 14.9 Å². The van der Waals surface area contributed by atoms with Gasteiger partial charge in [-0.3, -0.25) is 4.79 Å². The van der Waals surface area contributed by atoms with Crippen LogP contribution in [0.1, 0.15) is 25.7 Å². The number of carbonyl (C=O) groups excluding carboxylic acids is 1. The Balaban J connectivity index is 1.58. The number of rotatable bonds is 6. The van der Waals surface area contributed by atoms with Crippen LogP contribution in [0, 0.1) is 16.7 Å². The molecule has 0 atom stereocenters. The van der Waals surface area contributed by atoms with Crippen LogP contribution in [0.4, 0.5) is 0 Å². The van der Waals surface area contributed by atoms with E-state index in [1.807, 2.05) is 10.8 Å². The highest BCUT2D eigenvalue weighted by atomic mass is 16.2. The SMILES string of the molecule is N#CC1(C(=O)NCCCCn2ccnc2)CC1. The summed E-state index contributed by atoms with van der Waals surface area (Å²) in [5.41, 5.74) is -0.690. The number of nitrogens with zero attached hydrogens (tertiary/aromatic N) is 3. The van der Waals surface area contributed by atoms with Crippen LogP contribution in [0.15, 0.2) is 18.7 Å². The fourth-order valence-corrected chi connectivity index (χ4v) is 1.72. The largest absolute Gasteiger partial charge is 0.355 e. The fourth-order valence-electron chi connectivity index (χ4n) is 1.72. The number of nitriles is 1. The van der Waals surface area contributed by atoms with Crippen LogP contribution >= 0.6 is 0 Å². The van der Waals surface area contributed by atoms with Crippen LogP contribution in [-0.4, -0.2) is 22.0 Å². The summed E-state index contributed by atoms with van der Waals surface area (Å²) in [4.78, 5) is 15.6. The summed E-state index contributed by atoms with van der Waals surface area (Å²) in [6.45, 7) is 1.57. The van der Waals surface area contributed by atoms with E-state index >= 15 is 0 Å². The number of hydrogen-bond acceptors (Lipinski definition) is 3. The van der Waals surface area contributed by atoms with Gasteiger partial charge in [0.1, 0.15) is 5.41 Å². The van der Waals surface area contributed by atoms with Gasteiger partial charge < -0.3 is 9.88 Å². The molecule has 1 aliphatic carbocycles. The van der Waals surface area contributed by atoms with Gasteiger partial charge in [0, 0.05) is 25.5 Å². The minimum atomic E-state index is -0.690. The molecule has 1 N–H and O–H groups in total. The van der Waals surface area contributed by atoms with Crippen LogP contribution in [0.2, 0.25) is 0 Å². The van der Waals surface area contributed by atoms with E-state index in [9.17, 15) is 4.79 Å². The molecule has 0 spiro atoms. The molecule has 90 valence electrons. The van der Waals surface area contributed by atoms with E-state index in [1.165, 1.54) is 0 Å². The lowest BCUT2D eigenvalue weighted by molar-refractivity contribution is -0.124. The maximum atomic E-state index is 11.6. The summed E-state index contributed by atoms with van der Waals surface area (Å²) >= 11 is 0. The zero-order valence-corrected chi connectivity index (χ0v) is 9.72. The van der Waals surface area contributed by atoms with Gasteiger partial charge in [-0.1, -0.05) is 0 Å². The van der Waals surface area contributed by atoms with Crippen molar-refractivity contribution in [3.63, 3.8) is 0 Å². The molecule has 5 heteroatoms. The highest BCUT2D eigenvalue weighted by Gasteiger charge is 2.50. The summed E-state index contributed by atoms with van der Waals surface area (Å²) in [5.74, 6) is -0.0948. The van der Waals surface area contributed by atoms with Crippen molar-refractivity contribution in [2.45, 2.75) is 32.2 Å². The first-order valence-corrected chi connectivity index (χ1v) is 5.92. The number of hydrogen-bond donors (Lipinski definition) is 1. The van der Waals surface area contributed by atoms with Crippen molar-refractivity contribution >= 4 is 5.91 Å². The molecule has 1 aromatic rings. The van der Waals surface area contributed by atoms with Gasteiger partial charge in [-0.25, -0.2) is 4.98 Å². The second-order valence-corrected chi connectivity index (χ2v) is 4.46. The van der Waals surface area contributed by atoms with Crippen molar-refractivity contribution in [2.75, 3.05) is 6.54 Å². The standard InChI is InChI=1S/C12H16N4O/c13-9-12(3-4-12)11(17)15-5-1-2-7-16-8-6-14-10-16/h6,8,10H,1-5,7H2,(H,15,17). The molecule has 17 heavy (non-hydrogen) atoms. The number of aryl methyl sites for hydroxylation is 1. The van der Waals surface area contributed by atoms with Gasteiger partial charge in [0.05, 0.1) is 12.4 Å². The molecule has 0 aromatic carbocycles. The van der Waals surface area contributed by atoms with Crippen LogP contribution in [0.25, 0.3) is 0 Å². The van der Waals surface area contributed by atoms with E-state index in [-0.39, 0.29) is 5.91 Å². The predicted octanol–water partition coefficient (Wildman–Crippen LogP) is 1.08. The molecule has 0 aliphatic heterocycles. The third-order valence-electron chi connectivity index (χ3n) is 3.09. The number of nitrogens with one attached hydrogen (secondary N) is 1. The van der Waals surface area contributed by atoms with Gasteiger partial charge in [-0.15, -0.1) is 0 Å². The maximum absolute atomic E-state index is 11.6. The van der Waals surface area contributed by atoms with Crippen molar-refractivity contribution < 1.29 is 4.79 Å². The Bertz CT molecular complexity index is 414. The van der Waals surface area contributed by atoms with Gasteiger partial charge in [0.2, 0.25) is 5.91 Å². The molecule has 0 bridgehead atoms. The quantitative estimate of drug-likeness (QED) is 0.746. The molecule has 0 saturated heterocycles. The summed E-state index contributed by atoms with van der Waals surface area (Å²) in [5, 5.41) is 11.7. The second kappa shape index (κ2) is 5.00. The molecule has 1 saturated carbocycles.